The number of amides is 2. The summed E-state index contributed by atoms with van der Waals surface area (Å²) in [7, 11) is 0. The summed E-state index contributed by atoms with van der Waals surface area (Å²) in [5, 5.41) is 17.9. The van der Waals surface area contributed by atoms with E-state index in [9.17, 15) is 10.0 Å². The monoisotopic (exact) mass is 306 g/mol. The topological polar surface area (TPSA) is 81.8 Å². The van der Waals surface area contributed by atoms with Crippen LogP contribution in [-0.4, -0.2) is 45.5 Å². The third-order valence-electron chi connectivity index (χ3n) is 4.43. The summed E-state index contributed by atoms with van der Waals surface area (Å²) in [6.45, 7) is 9.05. The number of hydrogen-bond acceptors (Lipinski definition) is 5. The molecule has 0 unspecified atom stereocenters. The van der Waals surface area contributed by atoms with Gasteiger partial charge in [-0.05, 0) is 19.8 Å². The number of fused-ring (bicyclic) bond motifs is 2. The summed E-state index contributed by atoms with van der Waals surface area (Å²) < 4.78 is 5.45. The lowest BCUT2D eigenvalue weighted by Crippen LogP contribution is -2.34. The number of aromatic nitrogens is 1. The van der Waals surface area contributed by atoms with E-state index in [2.05, 4.69) is 17.1 Å². The average Bonchev–Trinajstić information content (AvgIpc) is 3.07. The lowest BCUT2D eigenvalue weighted by molar-refractivity contribution is -0.0584. The van der Waals surface area contributed by atoms with E-state index in [1.807, 2.05) is 19.9 Å². The zero-order valence-corrected chi connectivity index (χ0v) is 13.0. The van der Waals surface area contributed by atoms with Gasteiger partial charge in [-0.25, -0.2) is 9.86 Å². The van der Waals surface area contributed by atoms with E-state index >= 15 is 0 Å². The number of rotatable bonds is 5. The summed E-state index contributed by atoms with van der Waals surface area (Å²) in [4.78, 5) is 13.7. The van der Waals surface area contributed by atoms with Crippen LogP contribution in [0.3, 0.4) is 0 Å². The maximum Gasteiger partial charge on any atom is 0.344 e. The molecule has 2 aliphatic rings. The number of hydroxylamine groups is 2. The Morgan fingerprint density at radius 1 is 1.64 bits per heavy atom. The smallest absolute Gasteiger partial charge is 0.344 e. The second kappa shape index (κ2) is 5.64. The lowest BCUT2D eigenvalue weighted by Gasteiger charge is -2.28. The van der Waals surface area contributed by atoms with Crippen molar-refractivity contribution < 1.29 is 14.5 Å². The molecule has 2 aliphatic heterocycles. The average molecular weight is 306 g/mol. The van der Waals surface area contributed by atoms with Crippen molar-refractivity contribution in [2.75, 3.05) is 13.1 Å². The van der Waals surface area contributed by atoms with E-state index < -0.39 is 0 Å². The molecule has 0 spiro atoms. The molecule has 0 aromatic carbocycles. The number of urea groups is 1. The van der Waals surface area contributed by atoms with Gasteiger partial charge in [0.05, 0.1) is 12.1 Å². The van der Waals surface area contributed by atoms with Gasteiger partial charge < -0.3 is 14.7 Å². The number of piperidine rings is 1. The molecular formula is C15H22N4O3. The van der Waals surface area contributed by atoms with Crippen LogP contribution in [0.4, 0.5) is 4.79 Å². The van der Waals surface area contributed by atoms with E-state index in [1.54, 1.807) is 4.90 Å². The third-order valence-corrected chi connectivity index (χ3v) is 4.43. The second-order valence-electron chi connectivity index (χ2n) is 6.24. The largest absolute Gasteiger partial charge is 0.388 e. The molecular weight excluding hydrogens is 284 g/mol. The SMILES string of the molecule is C=C(C)NC[C@H](C)c1cc([C@@H]2CC[C@@H]3CN2C(=O)N3O)no1. The molecule has 1 aromatic rings. The summed E-state index contributed by atoms with van der Waals surface area (Å²) in [6.07, 6.45) is 1.57. The normalized spacial score (nSPS) is 25.5. The molecule has 2 N–H and O–H groups in total. The third kappa shape index (κ3) is 2.56. The Balaban J connectivity index is 1.71. The van der Waals surface area contributed by atoms with Crippen molar-refractivity contribution >= 4 is 6.03 Å². The van der Waals surface area contributed by atoms with Crippen LogP contribution in [0.1, 0.15) is 50.1 Å². The minimum absolute atomic E-state index is 0.0891. The Bertz CT molecular complexity index is 585. The van der Waals surface area contributed by atoms with Crippen molar-refractivity contribution in [1.29, 1.82) is 0 Å². The first-order chi connectivity index (χ1) is 10.5. The highest BCUT2D eigenvalue weighted by Gasteiger charge is 2.45. The van der Waals surface area contributed by atoms with Crippen LogP contribution >= 0.6 is 0 Å². The van der Waals surface area contributed by atoms with Crippen LogP contribution in [-0.2, 0) is 0 Å². The first-order valence-electron chi connectivity index (χ1n) is 7.62. The van der Waals surface area contributed by atoms with Gasteiger partial charge >= 0.3 is 6.03 Å². The van der Waals surface area contributed by atoms with Gasteiger partial charge in [0.15, 0.2) is 0 Å². The van der Waals surface area contributed by atoms with Crippen molar-refractivity contribution in [1.82, 2.24) is 20.4 Å². The van der Waals surface area contributed by atoms with E-state index in [0.29, 0.717) is 6.54 Å². The first kappa shape index (κ1) is 14.9. The highest BCUT2D eigenvalue weighted by molar-refractivity contribution is 5.76. The van der Waals surface area contributed by atoms with Gasteiger partial charge in [-0.3, -0.25) is 5.21 Å². The fraction of sp³-hybridized carbons (Fsp3) is 0.600. The van der Waals surface area contributed by atoms with E-state index in [-0.39, 0.29) is 24.0 Å². The van der Waals surface area contributed by atoms with Crippen LogP contribution in [0, 0.1) is 0 Å². The van der Waals surface area contributed by atoms with Gasteiger partial charge in [-0.15, -0.1) is 0 Å². The van der Waals surface area contributed by atoms with Crippen molar-refractivity contribution in [2.24, 2.45) is 0 Å². The number of carbonyl (C=O) groups excluding carboxylic acids is 1. The van der Waals surface area contributed by atoms with Crippen LogP contribution < -0.4 is 5.32 Å². The van der Waals surface area contributed by atoms with E-state index in [0.717, 1.165) is 41.6 Å². The van der Waals surface area contributed by atoms with Gasteiger partial charge in [-0.1, -0.05) is 18.7 Å². The molecule has 0 saturated carbocycles. The van der Waals surface area contributed by atoms with E-state index in [4.69, 9.17) is 4.52 Å². The predicted octanol–water partition coefficient (Wildman–Crippen LogP) is 2.23. The van der Waals surface area contributed by atoms with Gasteiger partial charge in [0, 0.05) is 30.8 Å². The molecule has 7 nitrogen and oxygen atoms in total. The van der Waals surface area contributed by atoms with Gasteiger partial charge in [0.1, 0.15) is 11.5 Å². The molecule has 22 heavy (non-hydrogen) atoms. The minimum atomic E-state index is -0.339. The van der Waals surface area contributed by atoms with Gasteiger partial charge in [0.2, 0.25) is 0 Å². The minimum Gasteiger partial charge on any atom is -0.388 e. The molecule has 120 valence electrons. The summed E-state index contributed by atoms with van der Waals surface area (Å²) in [5.74, 6) is 0.955. The number of hydrogen-bond donors (Lipinski definition) is 2. The van der Waals surface area contributed by atoms with E-state index in [1.165, 1.54) is 0 Å². The highest BCUT2D eigenvalue weighted by Crippen LogP contribution is 2.37. The number of nitrogens with zero attached hydrogens (tertiary/aromatic N) is 3. The molecule has 2 bridgehead atoms. The van der Waals surface area contributed by atoms with Crippen LogP contribution in [0.15, 0.2) is 22.9 Å². The van der Waals surface area contributed by atoms with Crippen molar-refractivity contribution in [2.45, 2.75) is 44.7 Å². The molecule has 0 aliphatic carbocycles. The van der Waals surface area contributed by atoms with Crippen LogP contribution in [0.25, 0.3) is 0 Å². The Morgan fingerprint density at radius 2 is 2.41 bits per heavy atom. The van der Waals surface area contributed by atoms with Crippen LogP contribution in [0.2, 0.25) is 0 Å². The number of nitrogens with one attached hydrogen (secondary N) is 1. The zero-order chi connectivity index (χ0) is 15.9. The number of carbonyl (C=O) groups is 1. The standard InChI is InChI=1S/C15H22N4O3/c1-9(2)16-7-10(3)14-6-12(17-22-14)13-5-4-11-8-18(13)15(20)19(11)21/h6,10-11,13,16,21H,1,4-5,7-8H2,2-3H3/t10-,11+,13-/m0/s1. The molecule has 3 heterocycles. The maximum absolute atomic E-state index is 12.0. The Morgan fingerprint density at radius 3 is 3.14 bits per heavy atom. The Hall–Kier alpha value is -2.02. The molecule has 2 saturated heterocycles. The van der Waals surface area contributed by atoms with Gasteiger partial charge in [-0.2, -0.15) is 0 Å². The lowest BCUT2D eigenvalue weighted by atomic mass is 9.97. The highest BCUT2D eigenvalue weighted by atomic mass is 16.5. The molecule has 3 atom stereocenters. The molecule has 7 heteroatoms. The Labute approximate surface area is 129 Å². The molecule has 3 rings (SSSR count). The van der Waals surface area contributed by atoms with Crippen molar-refractivity contribution in [3.63, 3.8) is 0 Å². The molecule has 2 amide bonds. The zero-order valence-electron chi connectivity index (χ0n) is 13.0. The molecule has 0 radical (unpaired) electrons. The predicted molar refractivity (Wildman–Crippen MR) is 79.2 cm³/mol. The quantitative estimate of drug-likeness (QED) is 0.815. The Kier molecular flexibility index (Phi) is 3.82. The fourth-order valence-corrected chi connectivity index (χ4v) is 3.08. The van der Waals surface area contributed by atoms with Crippen molar-refractivity contribution in [3.8, 4) is 0 Å². The molecule has 2 fully saturated rings. The maximum atomic E-state index is 12.0. The second-order valence-corrected chi connectivity index (χ2v) is 6.24. The fourth-order valence-electron chi connectivity index (χ4n) is 3.08. The van der Waals surface area contributed by atoms with Crippen molar-refractivity contribution in [3.05, 3.63) is 29.8 Å². The van der Waals surface area contributed by atoms with Gasteiger partial charge in [0.25, 0.3) is 0 Å². The number of allylic oxidation sites excluding steroid dienone is 1. The summed E-state index contributed by atoms with van der Waals surface area (Å²) in [5.41, 5.74) is 1.68. The summed E-state index contributed by atoms with van der Waals surface area (Å²) >= 11 is 0. The molecule has 1 aromatic heterocycles. The first-order valence-corrected chi connectivity index (χ1v) is 7.62. The summed E-state index contributed by atoms with van der Waals surface area (Å²) in [6, 6.07) is 1.38. The van der Waals surface area contributed by atoms with Crippen LogP contribution in [0.5, 0.6) is 0 Å².